The molecule has 1 aliphatic heterocycles. The number of ether oxygens (including phenoxy) is 1. The molecule has 0 aliphatic carbocycles. The third-order valence-electron chi connectivity index (χ3n) is 3.38. The molecule has 1 aliphatic rings. The van der Waals surface area contributed by atoms with E-state index in [4.69, 9.17) is 27.9 Å². The Morgan fingerprint density at radius 3 is 2.77 bits per heavy atom. The summed E-state index contributed by atoms with van der Waals surface area (Å²) in [5.74, 6) is 0. The second-order valence-electron chi connectivity index (χ2n) is 6.51. The van der Waals surface area contributed by atoms with Crippen LogP contribution in [0, 0.1) is 0 Å². The number of halogens is 2. The van der Waals surface area contributed by atoms with Crippen LogP contribution in [0.2, 0.25) is 10.0 Å². The Kier molecular flexibility index (Phi) is 5.45. The zero-order valence-corrected chi connectivity index (χ0v) is 14.7. The molecule has 0 spiro atoms. The average molecular weight is 345 g/mol. The number of carbonyl (C=O) groups excluding carboxylic acids is 1. The van der Waals surface area contributed by atoms with Crippen molar-refractivity contribution in [2.75, 3.05) is 18.4 Å². The average Bonchev–Trinajstić information content (AvgIpc) is 2.42. The number of rotatable bonds is 2. The summed E-state index contributed by atoms with van der Waals surface area (Å²) in [5, 5.41) is 4.40. The number of carbonyl (C=O) groups is 1. The fourth-order valence-electron chi connectivity index (χ4n) is 2.42. The summed E-state index contributed by atoms with van der Waals surface area (Å²) in [4.78, 5) is 13.9. The Morgan fingerprint density at radius 2 is 2.09 bits per heavy atom. The lowest BCUT2D eigenvalue weighted by Gasteiger charge is -2.35. The smallest absolute Gasteiger partial charge is 0.410 e. The van der Waals surface area contributed by atoms with Gasteiger partial charge in [0.1, 0.15) is 5.60 Å². The molecule has 22 heavy (non-hydrogen) atoms. The number of hydrogen-bond acceptors (Lipinski definition) is 3. The van der Waals surface area contributed by atoms with E-state index in [-0.39, 0.29) is 12.1 Å². The van der Waals surface area contributed by atoms with Crippen molar-refractivity contribution in [3.63, 3.8) is 0 Å². The van der Waals surface area contributed by atoms with E-state index in [2.05, 4.69) is 5.32 Å². The van der Waals surface area contributed by atoms with Gasteiger partial charge in [0.05, 0.1) is 15.7 Å². The summed E-state index contributed by atoms with van der Waals surface area (Å²) in [5.41, 5.74) is 0.318. The molecule has 6 heteroatoms. The number of benzene rings is 1. The second kappa shape index (κ2) is 6.97. The van der Waals surface area contributed by atoms with Crippen molar-refractivity contribution in [3.8, 4) is 0 Å². The molecular formula is C16H22Cl2N2O2. The van der Waals surface area contributed by atoms with Crippen LogP contribution in [0.25, 0.3) is 0 Å². The molecule has 1 fully saturated rings. The molecule has 1 aromatic rings. The molecule has 2 rings (SSSR count). The Hall–Kier alpha value is -1.13. The Labute approximate surface area is 141 Å². The molecule has 1 amide bonds. The van der Waals surface area contributed by atoms with Crippen LogP contribution < -0.4 is 5.32 Å². The van der Waals surface area contributed by atoms with Crippen LogP contribution in [0.1, 0.15) is 33.6 Å². The highest BCUT2D eigenvalue weighted by Crippen LogP contribution is 2.31. The van der Waals surface area contributed by atoms with E-state index in [1.165, 1.54) is 0 Å². The van der Waals surface area contributed by atoms with Gasteiger partial charge >= 0.3 is 6.09 Å². The van der Waals surface area contributed by atoms with Gasteiger partial charge in [-0.15, -0.1) is 0 Å². The number of amides is 1. The maximum Gasteiger partial charge on any atom is 0.410 e. The minimum atomic E-state index is -0.478. The highest BCUT2D eigenvalue weighted by molar-refractivity contribution is 6.43. The molecule has 122 valence electrons. The first-order valence-corrected chi connectivity index (χ1v) is 8.20. The van der Waals surface area contributed by atoms with Gasteiger partial charge in [0.25, 0.3) is 0 Å². The Bertz CT molecular complexity index is 543. The van der Waals surface area contributed by atoms with E-state index in [1.54, 1.807) is 11.0 Å². The normalized spacial score (nSPS) is 19.0. The van der Waals surface area contributed by atoms with E-state index < -0.39 is 5.60 Å². The molecular weight excluding hydrogens is 323 g/mol. The molecule has 1 N–H and O–H groups in total. The number of likely N-dealkylation sites (tertiary alicyclic amines) is 1. The van der Waals surface area contributed by atoms with Crippen molar-refractivity contribution in [1.29, 1.82) is 0 Å². The number of anilines is 1. The number of nitrogens with zero attached hydrogens (tertiary/aromatic N) is 1. The second-order valence-corrected chi connectivity index (χ2v) is 7.30. The SMILES string of the molecule is CC(C)(C)OC(=O)N1CCCC(Nc2cccc(Cl)c2Cl)C1. The van der Waals surface area contributed by atoms with Crippen LogP contribution in [0.15, 0.2) is 18.2 Å². The lowest BCUT2D eigenvalue weighted by Crippen LogP contribution is -2.47. The predicted octanol–water partition coefficient (Wildman–Crippen LogP) is 4.80. The molecule has 0 bridgehead atoms. The summed E-state index contributed by atoms with van der Waals surface area (Å²) < 4.78 is 5.43. The highest BCUT2D eigenvalue weighted by Gasteiger charge is 2.27. The van der Waals surface area contributed by atoms with Gasteiger partial charge in [-0.25, -0.2) is 4.79 Å². The summed E-state index contributed by atoms with van der Waals surface area (Å²) in [6.45, 7) is 6.93. The van der Waals surface area contributed by atoms with Crippen LogP contribution in [0.5, 0.6) is 0 Å². The summed E-state index contributed by atoms with van der Waals surface area (Å²) >= 11 is 12.2. The maximum atomic E-state index is 12.2. The first-order chi connectivity index (χ1) is 10.3. The van der Waals surface area contributed by atoms with Crippen molar-refractivity contribution >= 4 is 35.0 Å². The summed E-state index contributed by atoms with van der Waals surface area (Å²) in [6.07, 6.45) is 1.63. The minimum absolute atomic E-state index is 0.136. The van der Waals surface area contributed by atoms with E-state index in [0.29, 0.717) is 16.6 Å². The van der Waals surface area contributed by atoms with Crippen molar-refractivity contribution in [2.24, 2.45) is 0 Å². The van der Waals surface area contributed by atoms with E-state index >= 15 is 0 Å². The molecule has 1 saturated heterocycles. The van der Waals surface area contributed by atoms with Crippen LogP contribution >= 0.6 is 23.2 Å². The number of piperidine rings is 1. The third kappa shape index (κ3) is 4.68. The molecule has 0 radical (unpaired) electrons. The molecule has 1 atom stereocenters. The Morgan fingerprint density at radius 1 is 1.36 bits per heavy atom. The largest absolute Gasteiger partial charge is 0.444 e. The van der Waals surface area contributed by atoms with Gasteiger partial charge in [-0.05, 0) is 45.7 Å². The third-order valence-corrected chi connectivity index (χ3v) is 4.20. The van der Waals surface area contributed by atoms with Crippen LogP contribution in [-0.2, 0) is 4.74 Å². The highest BCUT2D eigenvalue weighted by atomic mass is 35.5. The molecule has 1 heterocycles. The molecule has 0 saturated carbocycles. The van der Waals surface area contributed by atoms with Gasteiger partial charge in [-0.2, -0.15) is 0 Å². The van der Waals surface area contributed by atoms with Gasteiger partial charge in [0.15, 0.2) is 0 Å². The maximum absolute atomic E-state index is 12.2. The van der Waals surface area contributed by atoms with Crippen molar-refractivity contribution in [1.82, 2.24) is 4.90 Å². The van der Waals surface area contributed by atoms with E-state index in [0.717, 1.165) is 25.1 Å². The molecule has 1 unspecified atom stereocenters. The Balaban J connectivity index is 1.99. The van der Waals surface area contributed by atoms with Crippen molar-refractivity contribution in [3.05, 3.63) is 28.2 Å². The first-order valence-electron chi connectivity index (χ1n) is 7.45. The standard InChI is InChI=1S/C16H22Cl2N2O2/c1-16(2,3)22-15(21)20-9-5-6-11(10-20)19-13-8-4-7-12(17)14(13)18/h4,7-8,11,19H,5-6,9-10H2,1-3H3. The van der Waals surface area contributed by atoms with Gasteiger partial charge in [-0.1, -0.05) is 29.3 Å². The fourth-order valence-corrected chi connectivity index (χ4v) is 2.78. The van der Waals surface area contributed by atoms with Crippen LogP contribution in [-0.4, -0.2) is 35.7 Å². The summed E-state index contributed by atoms with van der Waals surface area (Å²) in [6, 6.07) is 5.63. The van der Waals surface area contributed by atoms with E-state index in [9.17, 15) is 4.79 Å². The topological polar surface area (TPSA) is 41.6 Å². The van der Waals surface area contributed by atoms with Gasteiger partial charge < -0.3 is 15.0 Å². The van der Waals surface area contributed by atoms with Crippen LogP contribution in [0.4, 0.5) is 10.5 Å². The lowest BCUT2D eigenvalue weighted by atomic mass is 10.1. The molecule has 1 aromatic carbocycles. The first kappa shape index (κ1) is 17.2. The van der Waals surface area contributed by atoms with E-state index in [1.807, 2.05) is 32.9 Å². The minimum Gasteiger partial charge on any atom is -0.444 e. The van der Waals surface area contributed by atoms with Gasteiger partial charge in [0, 0.05) is 19.1 Å². The van der Waals surface area contributed by atoms with Crippen LogP contribution in [0.3, 0.4) is 0 Å². The summed E-state index contributed by atoms with van der Waals surface area (Å²) in [7, 11) is 0. The lowest BCUT2D eigenvalue weighted by molar-refractivity contribution is 0.0206. The zero-order valence-electron chi connectivity index (χ0n) is 13.2. The predicted molar refractivity (Wildman–Crippen MR) is 90.9 cm³/mol. The van der Waals surface area contributed by atoms with Gasteiger partial charge in [-0.3, -0.25) is 0 Å². The molecule has 0 aromatic heterocycles. The fraction of sp³-hybridized carbons (Fsp3) is 0.562. The number of hydrogen-bond donors (Lipinski definition) is 1. The quantitative estimate of drug-likeness (QED) is 0.837. The molecule has 4 nitrogen and oxygen atoms in total. The van der Waals surface area contributed by atoms with Crippen molar-refractivity contribution in [2.45, 2.75) is 45.3 Å². The number of nitrogens with one attached hydrogen (secondary N) is 1. The monoisotopic (exact) mass is 344 g/mol. The zero-order chi connectivity index (χ0) is 16.3. The van der Waals surface area contributed by atoms with Gasteiger partial charge in [0.2, 0.25) is 0 Å². The van der Waals surface area contributed by atoms with Crippen molar-refractivity contribution < 1.29 is 9.53 Å².